The van der Waals surface area contributed by atoms with E-state index in [-0.39, 0.29) is 12.1 Å². The molecule has 3 N–H and O–H groups in total. The van der Waals surface area contributed by atoms with Gasteiger partial charge in [0.05, 0.1) is 0 Å². The number of nitrogens with two attached hydrogens (primary N) is 1. The zero-order chi connectivity index (χ0) is 10.0. The lowest BCUT2D eigenvalue weighted by Crippen LogP contribution is -2.15. The van der Waals surface area contributed by atoms with Crippen molar-refractivity contribution in [3.05, 3.63) is 33.5 Å². The second-order valence-electron chi connectivity index (χ2n) is 2.39. The molecule has 0 spiro atoms. The van der Waals surface area contributed by atoms with Crippen molar-refractivity contribution in [3.63, 3.8) is 0 Å². The van der Waals surface area contributed by atoms with Gasteiger partial charge in [-0.05, 0) is 0 Å². The molecular formula is C7H7F3N2O. The molecule has 0 atom stereocenters. The van der Waals surface area contributed by atoms with E-state index in [1.54, 1.807) is 4.98 Å². The van der Waals surface area contributed by atoms with Crippen LogP contribution in [0, 0.1) is 5.82 Å². The fourth-order valence-electron chi connectivity index (χ4n) is 0.917. The van der Waals surface area contributed by atoms with E-state index in [1.807, 2.05) is 0 Å². The maximum Gasteiger partial charge on any atom is 0.281 e. The lowest BCUT2D eigenvalue weighted by molar-refractivity contribution is 0.140. The molecule has 1 aromatic rings. The lowest BCUT2D eigenvalue weighted by atomic mass is 10.2. The summed E-state index contributed by atoms with van der Waals surface area (Å²) >= 11 is 0. The van der Waals surface area contributed by atoms with Gasteiger partial charge in [0.1, 0.15) is 5.69 Å². The van der Waals surface area contributed by atoms with E-state index in [0.29, 0.717) is 0 Å². The molecule has 3 nitrogen and oxygen atoms in total. The average Bonchev–Trinajstić information content (AvgIpc) is 2.08. The smallest absolute Gasteiger partial charge is 0.281 e. The van der Waals surface area contributed by atoms with Crippen LogP contribution in [0.25, 0.3) is 0 Å². The highest BCUT2D eigenvalue weighted by molar-refractivity contribution is 5.19. The summed E-state index contributed by atoms with van der Waals surface area (Å²) < 4.78 is 37.1. The number of aromatic nitrogens is 1. The molecule has 6 heteroatoms. The zero-order valence-electron chi connectivity index (χ0n) is 6.48. The summed E-state index contributed by atoms with van der Waals surface area (Å²) in [4.78, 5) is 12.4. The van der Waals surface area contributed by atoms with E-state index in [4.69, 9.17) is 5.73 Å². The summed E-state index contributed by atoms with van der Waals surface area (Å²) in [5.74, 6) is -1.14. The molecule has 0 aliphatic heterocycles. The maximum absolute atomic E-state index is 13.0. The summed E-state index contributed by atoms with van der Waals surface area (Å²) in [6.07, 6.45) is -3.04. The van der Waals surface area contributed by atoms with Crippen LogP contribution in [0.5, 0.6) is 0 Å². The summed E-state index contributed by atoms with van der Waals surface area (Å²) in [6, 6.07) is 0.862. The van der Waals surface area contributed by atoms with Gasteiger partial charge in [-0.1, -0.05) is 0 Å². The maximum atomic E-state index is 13.0. The van der Waals surface area contributed by atoms with Gasteiger partial charge in [0.2, 0.25) is 5.56 Å². The van der Waals surface area contributed by atoms with Gasteiger partial charge in [-0.15, -0.1) is 0 Å². The number of nitrogens with one attached hydrogen (secondary N) is 1. The number of alkyl halides is 2. The first-order valence-electron chi connectivity index (χ1n) is 3.46. The van der Waals surface area contributed by atoms with Gasteiger partial charge in [0.25, 0.3) is 6.43 Å². The Bertz CT molecular complexity index is 361. The Balaban J connectivity index is 3.36. The highest BCUT2D eigenvalue weighted by atomic mass is 19.3. The molecule has 0 saturated carbocycles. The fourth-order valence-corrected chi connectivity index (χ4v) is 0.917. The lowest BCUT2D eigenvalue weighted by Gasteiger charge is -2.04. The Hall–Kier alpha value is -1.30. The second-order valence-corrected chi connectivity index (χ2v) is 2.39. The average molecular weight is 192 g/mol. The molecule has 13 heavy (non-hydrogen) atoms. The molecule has 0 amide bonds. The quantitative estimate of drug-likeness (QED) is 0.731. The first kappa shape index (κ1) is 9.79. The predicted octanol–water partition coefficient (Wildman–Crippen LogP) is 0.910. The summed E-state index contributed by atoms with van der Waals surface area (Å²) in [7, 11) is 0. The van der Waals surface area contributed by atoms with Crippen molar-refractivity contribution in [1.29, 1.82) is 0 Å². The van der Waals surface area contributed by atoms with Crippen LogP contribution in [-0.4, -0.2) is 4.98 Å². The molecule has 0 fully saturated rings. The highest BCUT2D eigenvalue weighted by Gasteiger charge is 2.17. The standard InChI is InChI=1S/C7H7F3N2O/c8-5-3(2-11)1-4(13)12-6(5)7(9)10/h1,7H,2,11H2,(H,12,13). The highest BCUT2D eigenvalue weighted by Crippen LogP contribution is 2.19. The topological polar surface area (TPSA) is 58.9 Å². The minimum absolute atomic E-state index is 0.209. The molecule has 1 aromatic heterocycles. The van der Waals surface area contributed by atoms with Crippen LogP contribution in [0.15, 0.2) is 10.9 Å². The minimum Gasteiger partial charge on any atom is -0.326 e. The monoisotopic (exact) mass is 192 g/mol. The van der Waals surface area contributed by atoms with Gasteiger partial charge >= 0.3 is 0 Å². The molecule has 0 bridgehead atoms. The van der Waals surface area contributed by atoms with Crippen LogP contribution < -0.4 is 11.3 Å². The van der Waals surface area contributed by atoms with Crippen molar-refractivity contribution in [1.82, 2.24) is 4.98 Å². The van der Waals surface area contributed by atoms with Gasteiger partial charge in [-0.2, -0.15) is 0 Å². The summed E-state index contributed by atoms with van der Waals surface area (Å²) in [5.41, 5.74) is 3.05. The van der Waals surface area contributed by atoms with Crippen molar-refractivity contribution in [2.75, 3.05) is 0 Å². The van der Waals surface area contributed by atoms with Crippen LogP contribution >= 0.6 is 0 Å². The van der Waals surface area contributed by atoms with Crippen molar-refractivity contribution in [2.24, 2.45) is 5.73 Å². The molecule has 0 unspecified atom stereocenters. The third kappa shape index (κ3) is 1.89. The van der Waals surface area contributed by atoms with Gasteiger partial charge in [-0.25, -0.2) is 13.2 Å². The number of halogens is 3. The van der Waals surface area contributed by atoms with Crippen LogP contribution in [0.4, 0.5) is 13.2 Å². The van der Waals surface area contributed by atoms with Crippen LogP contribution in [0.1, 0.15) is 17.7 Å². The van der Waals surface area contributed by atoms with Gasteiger partial charge in [0.15, 0.2) is 5.82 Å². The van der Waals surface area contributed by atoms with E-state index >= 15 is 0 Å². The van der Waals surface area contributed by atoms with E-state index in [0.717, 1.165) is 6.07 Å². The SMILES string of the molecule is NCc1cc(=O)[nH]c(C(F)F)c1F. The Labute approximate surface area is 71.4 Å². The third-order valence-electron chi connectivity index (χ3n) is 1.52. The van der Waals surface area contributed by atoms with Crippen molar-refractivity contribution in [3.8, 4) is 0 Å². The predicted molar refractivity (Wildman–Crippen MR) is 39.9 cm³/mol. The normalized spacial score (nSPS) is 10.8. The van der Waals surface area contributed by atoms with E-state index in [1.165, 1.54) is 0 Å². The van der Waals surface area contributed by atoms with Gasteiger partial charge in [-0.3, -0.25) is 4.79 Å². The van der Waals surface area contributed by atoms with Crippen LogP contribution in [-0.2, 0) is 6.54 Å². The van der Waals surface area contributed by atoms with Crippen molar-refractivity contribution in [2.45, 2.75) is 13.0 Å². The number of rotatable bonds is 2. The van der Waals surface area contributed by atoms with Crippen molar-refractivity contribution >= 4 is 0 Å². The molecule has 0 aliphatic rings. The van der Waals surface area contributed by atoms with E-state index in [2.05, 4.69) is 0 Å². The molecule has 1 heterocycles. The van der Waals surface area contributed by atoms with Gasteiger partial charge < -0.3 is 10.7 Å². The van der Waals surface area contributed by atoms with E-state index in [9.17, 15) is 18.0 Å². The van der Waals surface area contributed by atoms with Crippen molar-refractivity contribution < 1.29 is 13.2 Å². The van der Waals surface area contributed by atoms with Crippen LogP contribution in [0.2, 0.25) is 0 Å². The Morgan fingerprint density at radius 1 is 1.54 bits per heavy atom. The number of aromatic amines is 1. The second kappa shape index (κ2) is 3.61. The fraction of sp³-hybridized carbons (Fsp3) is 0.286. The molecule has 1 rings (SSSR count). The summed E-state index contributed by atoms with van der Waals surface area (Å²) in [6.45, 7) is -0.282. The molecular weight excluding hydrogens is 185 g/mol. The number of hydrogen-bond donors (Lipinski definition) is 2. The summed E-state index contributed by atoms with van der Waals surface area (Å²) in [5, 5.41) is 0. The molecule has 0 aliphatic carbocycles. The zero-order valence-corrected chi connectivity index (χ0v) is 6.48. The van der Waals surface area contributed by atoms with Gasteiger partial charge in [0, 0.05) is 18.2 Å². The first-order valence-corrected chi connectivity index (χ1v) is 3.46. The van der Waals surface area contributed by atoms with E-state index < -0.39 is 23.5 Å². The number of H-pyrrole nitrogens is 1. The number of hydrogen-bond acceptors (Lipinski definition) is 2. The Morgan fingerprint density at radius 3 is 2.62 bits per heavy atom. The Morgan fingerprint density at radius 2 is 2.15 bits per heavy atom. The molecule has 72 valence electrons. The van der Waals surface area contributed by atoms with Crippen LogP contribution in [0.3, 0.4) is 0 Å². The molecule has 0 radical (unpaired) electrons. The molecule has 0 aromatic carbocycles. The first-order chi connectivity index (χ1) is 6.06. The largest absolute Gasteiger partial charge is 0.326 e. The molecule has 0 saturated heterocycles. The third-order valence-corrected chi connectivity index (χ3v) is 1.52. The Kier molecular flexibility index (Phi) is 2.72. The number of pyridine rings is 1. The minimum atomic E-state index is -3.04.